The third-order valence-corrected chi connectivity index (χ3v) is 5.89. The molecule has 4 heteroatoms. The molecule has 2 fully saturated rings. The molecule has 1 aliphatic carbocycles. The van der Waals surface area contributed by atoms with Crippen molar-refractivity contribution in [3.05, 3.63) is 36.0 Å². The van der Waals surface area contributed by atoms with E-state index in [0.29, 0.717) is 0 Å². The summed E-state index contributed by atoms with van der Waals surface area (Å²) in [7, 11) is 0. The molecular formula is C20H29N3O. The molecule has 2 aliphatic rings. The van der Waals surface area contributed by atoms with E-state index in [1.165, 1.54) is 37.5 Å². The minimum atomic E-state index is -0.398. The van der Waals surface area contributed by atoms with Crippen molar-refractivity contribution in [1.29, 1.82) is 0 Å². The van der Waals surface area contributed by atoms with Crippen LogP contribution in [-0.2, 0) is 0 Å². The summed E-state index contributed by atoms with van der Waals surface area (Å²) in [6.45, 7) is 5.23. The first kappa shape index (κ1) is 16.1. The van der Waals surface area contributed by atoms with E-state index in [1.807, 2.05) is 12.3 Å². The number of aliphatic hydroxyl groups excluding tert-OH is 1. The van der Waals surface area contributed by atoms with Gasteiger partial charge in [-0.2, -0.15) is 0 Å². The van der Waals surface area contributed by atoms with E-state index in [9.17, 15) is 5.11 Å². The molecule has 0 spiro atoms. The van der Waals surface area contributed by atoms with E-state index in [-0.39, 0.29) is 0 Å². The first-order chi connectivity index (χ1) is 11.8. The Hall–Kier alpha value is -1.36. The van der Waals surface area contributed by atoms with Crippen molar-refractivity contribution in [3.8, 4) is 0 Å². The fourth-order valence-corrected chi connectivity index (χ4v) is 4.39. The molecule has 4 nitrogen and oxygen atoms in total. The lowest BCUT2D eigenvalue weighted by Gasteiger charge is -2.41. The van der Waals surface area contributed by atoms with Gasteiger partial charge in [-0.05, 0) is 42.0 Å². The van der Waals surface area contributed by atoms with Crippen molar-refractivity contribution in [1.82, 2.24) is 14.8 Å². The largest absolute Gasteiger partial charge is 0.387 e. The zero-order valence-electron chi connectivity index (χ0n) is 14.5. The Bertz CT molecular complexity index is 654. The maximum absolute atomic E-state index is 10.6. The van der Waals surface area contributed by atoms with Gasteiger partial charge < -0.3 is 10.1 Å². The quantitative estimate of drug-likeness (QED) is 0.906. The SMILES string of the molecule is OC(CN1CCN(C2CCCCC2)CC1)c1ccc2[nH]ccc2c1. The predicted octanol–water partition coefficient (Wildman–Crippen LogP) is 3.15. The Kier molecular flexibility index (Phi) is 4.88. The average Bonchev–Trinajstić information content (AvgIpc) is 3.11. The van der Waals surface area contributed by atoms with Crippen LogP contribution in [0.3, 0.4) is 0 Å². The highest BCUT2D eigenvalue weighted by atomic mass is 16.3. The molecule has 1 unspecified atom stereocenters. The molecule has 1 atom stereocenters. The molecule has 1 aromatic heterocycles. The van der Waals surface area contributed by atoms with Crippen LogP contribution in [0.1, 0.15) is 43.8 Å². The highest BCUT2D eigenvalue weighted by Gasteiger charge is 2.26. The van der Waals surface area contributed by atoms with Crippen LogP contribution in [0.2, 0.25) is 0 Å². The number of nitrogens with one attached hydrogen (secondary N) is 1. The lowest BCUT2D eigenvalue weighted by atomic mass is 9.94. The predicted molar refractivity (Wildman–Crippen MR) is 98.1 cm³/mol. The van der Waals surface area contributed by atoms with Crippen LogP contribution in [0.15, 0.2) is 30.5 Å². The Morgan fingerprint density at radius 3 is 2.62 bits per heavy atom. The Labute approximate surface area is 144 Å². The van der Waals surface area contributed by atoms with Crippen molar-refractivity contribution < 1.29 is 5.11 Å². The summed E-state index contributed by atoms with van der Waals surface area (Å²) < 4.78 is 0. The van der Waals surface area contributed by atoms with Crippen molar-refractivity contribution in [3.63, 3.8) is 0 Å². The molecule has 1 aliphatic heterocycles. The zero-order valence-corrected chi connectivity index (χ0v) is 14.5. The molecule has 2 aromatic rings. The number of piperazine rings is 1. The van der Waals surface area contributed by atoms with E-state index in [1.54, 1.807) is 0 Å². The van der Waals surface area contributed by atoms with Crippen molar-refractivity contribution in [2.75, 3.05) is 32.7 Å². The van der Waals surface area contributed by atoms with Gasteiger partial charge >= 0.3 is 0 Å². The number of nitrogens with zero attached hydrogens (tertiary/aromatic N) is 2. The van der Waals surface area contributed by atoms with Gasteiger partial charge in [-0.25, -0.2) is 0 Å². The summed E-state index contributed by atoms with van der Waals surface area (Å²) >= 11 is 0. The minimum absolute atomic E-state index is 0.398. The topological polar surface area (TPSA) is 42.5 Å². The maximum Gasteiger partial charge on any atom is 0.0917 e. The number of aromatic nitrogens is 1. The molecular weight excluding hydrogens is 298 g/mol. The highest BCUT2D eigenvalue weighted by molar-refractivity contribution is 5.80. The summed E-state index contributed by atoms with van der Waals surface area (Å²) in [6, 6.07) is 9.10. The van der Waals surface area contributed by atoms with Gasteiger partial charge in [0, 0.05) is 50.5 Å². The van der Waals surface area contributed by atoms with Crippen LogP contribution in [0.4, 0.5) is 0 Å². The summed E-state index contributed by atoms with van der Waals surface area (Å²) in [6.07, 6.45) is 8.57. The van der Waals surface area contributed by atoms with Crippen LogP contribution in [0, 0.1) is 0 Å². The van der Waals surface area contributed by atoms with E-state index in [0.717, 1.165) is 49.8 Å². The van der Waals surface area contributed by atoms with Gasteiger partial charge in [0.2, 0.25) is 0 Å². The number of benzene rings is 1. The summed E-state index contributed by atoms with van der Waals surface area (Å²) in [5.74, 6) is 0. The number of H-pyrrole nitrogens is 1. The third-order valence-electron chi connectivity index (χ3n) is 5.89. The van der Waals surface area contributed by atoms with E-state index < -0.39 is 6.10 Å². The van der Waals surface area contributed by atoms with Gasteiger partial charge in [-0.1, -0.05) is 25.3 Å². The zero-order chi connectivity index (χ0) is 16.4. The smallest absolute Gasteiger partial charge is 0.0917 e. The van der Waals surface area contributed by atoms with Crippen LogP contribution in [0.25, 0.3) is 10.9 Å². The van der Waals surface area contributed by atoms with Crippen LogP contribution in [-0.4, -0.2) is 58.7 Å². The fourth-order valence-electron chi connectivity index (χ4n) is 4.39. The molecule has 1 aromatic carbocycles. The Balaban J connectivity index is 1.31. The van der Waals surface area contributed by atoms with Gasteiger partial charge in [0.25, 0.3) is 0 Å². The molecule has 4 rings (SSSR count). The third kappa shape index (κ3) is 3.51. The molecule has 2 N–H and O–H groups in total. The average molecular weight is 327 g/mol. The van der Waals surface area contributed by atoms with Crippen LogP contribution in [0.5, 0.6) is 0 Å². The van der Waals surface area contributed by atoms with Crippen LogP contribution < -0.4 is 0 Å². The Morgan fingerprint density at radius 1 is 1.04 bits per heavy atom. The summed E-state index contributed by atoms with van der Waals surface area (Å²) in [5.41, 5.74) is 2.16. The first-order valence-electron chi connectivity index (χ1n) is 9.51. The lowest BCUT2D eigenvalue weighted by Crippen LogP contribution is -2.51. The van der Waals surface area contributed by atoms with E-state index in [2.05, 4.69) is 33.0 Å². The molecule has 0 amide bonds. The molecule has 1 saturated carbocycles. The molecule has 1 saturated heterocycles. The first-order valence-corrected chi connectivity index (χ1v) is 9.51. The standard InChI is InChI=1S/C20H29N3O/c24-20(17-6-7-19-16(14-17)8-9-21-19)15-22-10-12-23(13-11-22)18-4-2-1-3-5-18/h6-9,14,18,20-21,24H,1-5,10-13,15H2. The number of hydrogen-bond donors (Lipinski definition) is 2. The van der Waals surface area contributed by atoms with Gasteiger partial charge in [0.05, 0.1) is 6.10 Å². The van der Waals surface area contributed by atoms with Gasteiger partial charge in [0.15, 0.2) is 0 Å². The van der Waals surface area contributed by atoms with Gasteiger partial charge in [-0.3, -0.25) is 9.80 Å². The molecule has 24 heavy (non-hydrogen) atoms. The second kappa shape index (κ2) is 7.26. The minimum Gasteiger partial charge on any atom is -0.387 e. The molecule has 130 valence electrons. The molecule has 0 bridgehead atoms. The maximum atomic E-state index is 10.6. The summed E-state index contributed by atoms with van der Waals surface area (Å²) in [5, 5.41) is 11.8. The number of hydrogen-bond acceptors (Lipinski definition) is 3. The normalized spacial score (nSPS) is 22.9. The van der Waals surface area contributed by atoms with E-state index in [4.69, 9.17) is 0 Å². The number of aliphatic hydroxyl groups is 1. The van der Waals surface area contributed by atoms with Crippen molar-refractivity contribution >= 4 is 10.9 Å². The number of aromatic amines is 1. The number of fused-ring (bicyclic) bond motifs is 1. The lowest BCUT2D eigenvalue weighted by molar-refractivity contribution is 0.0475. The molecule has 0 radical (unpaired) electrons. The van der Waals surface area contributed by atoms with Crippen LogP contribution >= 0.6 is 0 Å². The van der Waals surface area contributed by atoms with E-state index >= 15 is 0 Å². The van der Waals surface area contributed by atoms with Gasteiger partial charge in [0.1, 0.15) is 0 Å². The second-order valence-electron chi connectivity index (χ2n) is 7.47. The highest BCUT2D eigenvalue weighted by Crippen LogP contribution is 2.24. The van der Waals surface area contributed by atoms with Crippen molar-refractivity contribution in [2.45, 2.75) is 44.2 Å². The number of rotatable bonds is 4. The van der Waals surface area contributed by atoms with Gasteiger partial charge in [-0.15, -0.1) is 0 Å². The Morgan fingerprint density at radius 2 is 1.83 bits per heavy atom. The van der Waals surface area contributed by atoms with Crippen molar-refractivity contribution in [2.24, 2.45) is 0 Å². The molecule has 2 heterocycles. The monoisotopic (exact) mass is 327 g/mol. The summed E-state index contributed by atoms with van der Waals surface area (Å²) in [4.78, 5) is 8.32. The second-order valence-corrected chi connectivity index (χ2v) is 7.47. The number of β-amino-alcohol motifs (C(OH)–C–C–N with tert-alkyl or cyclic N) is 1. The fraction of sp³-hybridized carbons (Fsp3) is 0.600.